The summed E-state index contributed by atoms with van der Waals surface area (Å²) in [5.41, 5.74) is 0.862. The Morgan fingerprint density at radius 3 is 2.41 bits per heavy atom. The number of imidazole rings is 1. The minimum Gasteiger partial charge on any atom is -0.274 e. The molecular formula is C14H11BrN4O2S. The number of anilines is 1. The number of hydrogen-bond donors (Lipinski definition) is 0. The fraction of sp³-hybridized carbons (Fsp3) is 0.143. The van der Waals surface area contributed by atoms with Crippen molar-refractivity contribution in [2.75, 3.05) is 5.01 Å². The third-order valence-electron chi connectivity index (χ3n) is 3.02. The second kappa shape index (κ2) is 5.69. The maximum absolute atomic E-state index is 11.8. The van der Waals surface area contributed by atoms with Crippen molar-refractivity contribution in [2.45, 2.75) is 18.9 Å². The summed E-state index contributed by atoms with van der Waals surface area (Å²) in [6.07, 6.45) is 1.41. The van der Waals surface area contributed by atoms with Gasteiger partial charge in [-0.3, -0.25) is 14.2 Å². The number of carbonyl (C=O) groups is 2. The van der Waals surface area contributed by atoms with Crippen LogP contribution in [0.25, 0.3) is 0 Å². The van der Waals surface area contributed by atoms with Crippen LogP contribution in [0.5, 0.6) is 0 Å². The molecule has 0 fully saturated rings. The third kappa shape index (κ3) is 2.59. The van der Waals surface area contributed by atoms with Crippen molar-refractivity contribution in [2.24, 2.45) is 5.10 Å². The summed E-state index contributed by atoms with van der Waals surface area (Å²) in [4.78, 5) is 27.7. The fourth-order valence-electron chi connectivity index (χ4n) is 1.97. The number of hydrogen-bond acceptors (Lipinski definition) is 5. The molecule has 0 atom stereocenters. The quantitative estimate of drug-likeness (QED) is 0.764. The zero-order valence-electron chi connectivity index (χ0n) is 11.8. The normalized spacial score (nSPS) is 13.6. The zero-order valence-corrected chi connectivity index (χ0v) is 14.2. The smallest absolute Gasteiger partial charge is 0.245 e. The van der Waals surface area contributed by atoms with Crippen LogP contribution in [0.1, 0.15) is 24.2 Å². The van der Waals surface area contributed by atoms with Gasteiger partial charge in [0.15, 0.2) is 5.82 Å². The number of nitrogens with zero attached hydrogens (tertiary/aromatic N) is 4. The molecule has 1 amide bonds. The van der Waals surface area contributed by atoms with E-state index < -0.39 is 0 Å². The molecule has 112 valence electrons. The van der Waals surface area contributed by atoms with E-state index in [0.717, 1.165) is 10.0 Å². The highest BCUT2D eigenvalue weighted by atomic mass is 79.9. The van der Waals surface area contributed by atoms with Gasteiger partial charge in [0.2, 0.25) is 11.8 Å². The molecule has 22 heavy (non-hydrogen) atoms. The Bertz CT molecular complexity index is 798. The minimum atomic E-state index is -0.259. The topological polar surface area (TPSA) is 67.6 Å². The van der Waals surface area contributed by atoms with Crippen molar-refractivity contribution in [1.29, 1.82) is 0 Å². The summed E-state index contributed by atoms with van der Waals surface area (Å²) < 4.78 is 2.37. The van der Waals surface area contributed by atoms with Gasteiger partial charge in [-0.2, -0.15) is 10.1 Å². The number of aromatic nitrogens is 2. The van der Waals surface area contributed by atoms with Gasteiger partial charge in [-0.15, -0.1) is 0 Å². The number of fused-ring (bicyclic) bond motifs is 1. The van der Waals surface area contributed by atoms with E-state index in [1.54, 1.807) is 0 Å². The molecule has 8 heteroatoms. The largest absolute Gasteiger partial charge is 0.274 e. The molecule has 0 spiro atoms. The van der Waals surface area contributed by atoms with Crippen molar-refractivity contribution in [1.82, 2.24) is 9.55 Å². The predicted octanol–water partition coefficient (Wildman–Crippen LogP) is 3.13. The van der Waals surface area contributed by atoms with Crippen molar-refractivity contribution >= 4 is 50.4 Å². The SMILES string of the molecule is CC(=O)N1N=C(c2ccc(Br)cc2)Sc2c1ncn2C(C)=O. The molecule has 2 heterocycles. The first-order chi connectivity index (χ1) is 10.5. The summed E-state index contributed by atoms with van der Waals surface area (Å²) >= 11 is 4.70. The van der Waals surface area contributed by atoms with Gasteiger partial charge in [-0.05, 0) is 23.9 Å². The first-order valence-electron chi connectivity index (χ1n) is 6.38. The molecule has 0 unspecified atom stereocenters. The van der Waals surface area contributed by atoms with Crippen molar-refractivity contribution < 1.29 is 9.59 Å². The Morgan fingerprint density at radius 2 is 1.82 bits per heavy atom. The summed E-state index contributed by atoms with van der Waals surface area (Å²) in [6.45, 7) is 2.86. The van der Waals surface area contributed by atoms with Crippen molar-refractivity contribution in [3.05, 3.63) is 40.6 Å². The van der Waals surface area contributed by atoms with E-state index in [9.17, 15) is 9.59 Å². The third-order valence-corrected chi connectivity index (χ3v) is 4.63. The van der Waals surface area contributed by atoms with Gasteiger partial charge in [0.25, 0.3) is 0 Å². The highest BCUT2D eigenvalue weighted by molar-refractivity contribution is 9.10. The highest BCUT2D eigenvalue weighted by Gasteiger charge is 2.29. The number of amides is 1. The summed E-state index contributed by atoms with van der Waals surface area (Å²) in [5, 5.41) is 6.81. The second-order valence-corrected chi connectivity index (χ2v) is 6.50. The summed E-state index contributed by atoms with van der Waals surface area (Å²) in [5.74, 6) is -0.0414. The van der Waals surface area contributed by atoms with E-state index in [1.807, 2.05) is 24.3 Å². The van der Waals surface area contributed by atoms with Gasteiger partial charge < -0.3 is 0 Å². The number of hydrazone groups is 1. The Morgan fingerprint density at radius 1 is 1.14 bits per heavy atom. The molecule has 0 bridgehead atoms. The van der Waals surface area contributed by atoms with Crippen LogP contribution in [0.4, 0.5) is 5.82 Å². The highest BCUT2D eigenvalue weighted by Crippen LogP contribution is 2.37. The van der Waals surface area contributed by atoms with E-state index in [2.05, 4.69) is 26.0 Å². The Balaban J connectivity index is 2.10. The Kier molecular flexibility index (Phi) is 3.88. The van der Waals surface area contributed by atoms with Gasteiger partial charge in [0, 0.05) is 23.9 Å². The molecular weight excluding hydrogens is 368 g/mol. The molecule has 0 N–H and O–H groups in total. The van der Waals surface area contributed by atoms with Crippen LogP contribution in [-0.4, -0.2) is 26.4 Å². The van der Waals surface area contributed by atoms with Gasteiger partial charge >= 0.3 is 0 Å². The molecule has 6 nitrogen and oxygen atoms in total. The molecule has 0 aliphatic carbocycles. The lowest BCUT2D eigenvalue weighted by Crippen LogP contribution is -2.28. The molecule has 0 saturated heterocycles. The van der Waals surface area contributed by atoms with Crippen LogP contribution in [-0.2, 0) is 4.79 Å². The van der Waals surface area contributed by atoms with Crippen molar-refractivity contribution in [3.63, 3.8) is 0 Å². The van der Waals surface area contributed by atoms with Gasteiger partial charge in [-0.1, -0.05) is 28.1 Å². The fourth-order valence-corrected chi connectivity index (χ4v) is 3.30. The number of halogens is 1. The maximum Gasteiger partial charge on any atom is 0.245 e. The average molecular weight is 379 g/mol. The first-order valence-corrected chi connectivity index (χ1v) is 7.99. The lowest BCUT2D eigenvalue weighted by Gasteiger charge is -2.21. The van der Waals surface area contributed by atoms with E-state index in [1.165, 1.54) is 41.5 Å². The zero-order chi connectivity index (χ0) is 15.9. The summed E-state index contributed by atoms with van der Waals surface area (Å²) in [7, 11) is 0. The molecule has 0 radical (unpaired) electrons. The molecule has 1 aromatic carbocycles. The molecule has 1 aliphatic rings. The lowest BCUT2D eigenvalue weighted by molar-refractivity contribution is -0.116. The predicted molar refractivity (Wildman–Crippen MR) is 88.2 cm³/mol. The number of rotatable bonds is 1. The van der Waals surface area contributed by atoms with Crippen LogP contribution in [0, 0.1) is 0 Å². The van der Waals surface area contributed by atoms with E-state index in [4.69, 9.17) is 0 Å². The minimum absolute atomic E-state index is 0.165. The Labute approximate surface area is 139 Å². The molecule has 3 rings (SSSR count). The van der Waals surface area contributed by atoms with Crippen LogP contribution in [0.15, 0.2) is 45.2 Å². The number of thioether (sulfide) groups is 1. The number of carbonyl (C=O) groups excluding carboxylic acids is 2. The number of benzene rings is 1. The molecule has 0 saturated carbocycles. The second-order valence-electron chi connectivity index (χ2n) is 4.61. The van der Waals surface area contributed by atoms with Crippen molar-refractivity contribution in [3.8, 4) is 0 Å². The van der Waals surface area contributed by atoms with Gasteiger partial charge in [0.1, 0.15) is 16.4 Å². The van der Waals surface area contributed by atoms with E-state index in [-0.39, 0.29) is 11.8 Å². The van der Waals surface area contributed by atoms with Crippen LogP contribution < -0.4 is 5.01 Å². The van der Waals surface area contributed by atoms with Crippen LogP contribution in [0.2, 0.25) is 0 Å². The monoisotopic (exact) mass is 378 g/mol. The Hall–Kier alpha value is -1.93. The van der Waals surface area contributed by atoms with Crippen LogP contribution >= 0.6 is 27.7 Å². The average Bonchev–Trinajstić information content (AvgIpc) is 2.90. The maximum atomic E-state index is 11.8. The molecule has 1 aliphatic heterocycles. The van der Waals surface area contributed by atoms with E-state index >= 15 is 0 Å². The van der Waals surface area contributed by atoms with Crippen LogP contribution in [0.3, 0.4) is 0 Å². The van der Waals surface area contributed by atoms with Gasteiger partial charge in [0.05, 0.1) is 0 Å². The molecule has 2 aromatic rings. The lowest BCUT2D eigenvalue weighted by atomic mass is 10.2. The van der Waals surface area contributed by atoms with Gasteiger partial charge in [-0.25, -0.2) is 4.98 Å². The summed E-state index contributed by atoms with van der Waals surface area (Å²) in [6, 6.07) is 7.59. The first kappa shape index (κ1) is 15.0. The molecule has 1 aromatic heterocycles. The standard InChI is InChI=1S/C14H11BrN4O2S/c1-8(20)18-7-16-12-14(18)22-13(17-19(12)9(2)21)10-3-5-11(15)6-4-10/h3-7H,1-2H3. The van der Waals surface area contributed by atoms with E-state index in [0.29, 0.717) is 15.9 Å².